The second-order valence-electron chi connectivity index (χ2n) is 3.48. The Balaban J connectivity index is 2.44. The first kappa shape index (κ1) is 8.57. The predicted octanol–water partition coefficient (Wildman–Crippen LogP) is -0.188. The molecule has 0 bridgehead atoms. The Morgan fingerprint density at radius 1 is 1.53 bits per heavy atom. The van der Waals surface area contributed by atoms with Gasteiger partial charge in [-0.25, -0.2) is 4.98 Å². The van der Waals surface area contributed by atoms with Crippen LogP contribution in [-0.4, -0.2) is 24.9 Å². The molecule has 0 aliphatic carbocycles. The van der Waals surface area contributed by atoms with Crippen molar-refractivity contribution >= 4 is 5.65 Å². The second kappa shape index (κ2) is 3.48. The maximum absolute atomic E-state index is 12.3. The van der Waals surface area contributed by atoms with Crippen LogP contribution < -0.4 is 10.7 Å². The van der Waals surface area contributed by atoms with Crippen LogP contribution in [0.5, 0.6) is 0 Å². The van der Waals surface area contributed by atoms with Crippen LogP contribution in [0, 0.1) is 6.92 Å². The van der Waals surface area contributed by atoms with Crippen molar-refractivity contribution in [3.8, 4) is 11.4 Å². The van der Waals surface area contributed by atoms with Crippen LogP contribution >= 0.6 is 0 Å². The minimum Gasteiger partial charge on any atom is -0.330 e. The monoisotopic (exact) mass is 228 g/mol. The third-order valence-corrected chi connectivity index (χ3v) is 2.41. The van der Waals surface area contributed by atoms with E-state index in [1.807, 2.05) is 6.92 Å². The summed E-state index contributed by atoms with van der Waals surface area (Å²) in [5.74, 6) is 0.114. The van der Waals surface area contributed by atoms with E-state index in [4.69, 9.17) is 1.37 Å². The summed E-state index contributed by atoms with van der Waals surface area (Å²) in [5.41, 5.74) is 1.04. The molecule has 7 nitrogen and oxygen atoms in total. The first-order chi connectivity index (χ1) is 8.68. The fourth-order valence-corrected chi connectivity index (χ4v) is 1.57. The summed E-state index contributed by atoms with van der Waals surface area (Å²) in [4.78, 5) is 16.4. The minimum atomic E-state index is -0.400. The third kappa shape index (κ3) is 1.40. The average molecular weight is 228 g/mol. The van der Waals surface area contributed by atoms with Crippen LogP contribution in [0.25, 0.3) is 17.0 Å². The van der Waals surface area contributed by atoms with Crippen molar-refractivity contribution in [1.82, 2.24) is 30.0 Å². The van der Waals surface area contributed by atoms with Crippen LogP contribution in [0.1, 0.15) is 6.93 Å². The summed E-state index contributed by atoms with van der Waals surface area (Å²) < 4.78 is 8.98. The van der Waals surface area contributed by atoms with Gasteiger partial charge in [-0.15, -0.1) is 0 Å². The third-order valence-electron chi connectivity index (χ3n) is 2.41. The van der Waals surface area contributed by atoms with Gasteiger partial charge in [0.1, 0.15) is 5.65 Å². The Kier molecular flexibility index (Phi) is 1.75. The number of hydrogen-bond donors (Lipinski definition) is 0. The van der Waals surface area contributed by atoms with Gasteiger partial charge in [-0.3, -0.25) is 19.5 Å². The van der Waals surface area contributed by atoms with Crippen molar-refractivity contribution < 1.29 is 1.37 Å². The molecule has 3 aromatic heterocycles. The Labute approximate surface area is 96.5 Å². The molecule has 0 atom stereocenters. The lowest BCUT2D eigenvalue weighted by atomic mass is 10.2. The van der Waals surface area contributed by atoms with Gasteiger partial charge in [0.2, 0.25) is 0 Å². The van der Waals surface area contributed by atoms with Gasteiger partial charge in [0, 0.05) is 18.2 Å². The molecule has 3 aromatic rings. The van der Waals surface area contributed by atoms with E-state index in [1.54, 1.807) is 6.07 Å². The van der Waals surface area contributed by atoms with Gasteiger partial charge >= 0.3 is 0 Å². The Bertz CT molecular complexity index is 779. The normalized spacial score (nSPS) is 11.7. The van der Waals surface area contributed by atoms with E-state index >= 15 is 0 Å². The van der Waals surface area contributed by atoms with Gasteiger partial charge in [-0.1, -0.05) is 6.07 Å². The molecule has 0 fully saturated rings. The highest BCUT2D eigenvalue weighted by atomic mass is 16.1. The number of rotatable bonds is 1. The van der Waals surface area contributed by atoms with Crippen LogP contribution in [0.4, 0.5) is 0 Å². The second-order valence-corrected chi connectivity index (χ2v) is 3.48. The standard InChI is InChI=1S/C10H7N6O/c1-6-3-2-4-16-9(6)11-5-7(10(16)17)8-12-14-15-13-8/h2-5H,1H3/q-1/i4D. The van der Waals surface area contributed by atoms with Crippen molar-refractivity contribution in [2.45, 2.75) is 6.92 Å². The maximum atomic E-state index is 12.3. The van der Waals surface area contributed by atoms with Gasteiger partial charge in [0.05, 0.1) is 6.93 Å². The largest absolute Gasteiger partial charge is 0.330 e. The van der Waals surface area contributed by atoms with E-state index < -0.39 is 5.56 Å². The van der Waals surface area contributed by atoms with Gasteiger partial charge < -0.3 is 5.10 Å². The zero-order valence-electron chi connectivity index (χ0n) is 9.82. The molecule has 0 aromatic carbocycles. The molecule has 0 saturated carbocycles. The summed E-state index contributed by atoms with van der Waals surface area (Å²) in [6, 6.07) is 3.28. The number of nitrogens with zero attached hydrogens (tertiary/aromatic N) is 6. The zero-order chi connectivity index (χ0) is 12.7. The highest BCUT2D eigenvalue weighted by Crippen LogP contribution is 2.09. The van der Waals surface area contributed by atoms with Crippen LogP contribution in [0.3, 0.4) is 0 Å². The van der Waals surface area contributed by atoms with E-state index in [2.05, 4.69) is 25.6 Å². The molecule has 0 aliphatic heterocycles. The predicted molar refractivity (Wildman–Crippen MR) is 58.3 cm³/mol. The van der Waals surface area contributed by atoms with Gasteiger partial charge in [0.15, 0.2) is 0 Å². The smallest absolute Gasteiger partial charge is 0.266 e. The number of hydrogen-bond acceptors (Lipinski definition) is 5. The van der Waals surface area contributed by atoms with E-state index in [-0.39, 0.29) is 17.6 Å². The molecular formula is C10H7N6O-. The highest BCUT2D eigenvalue weighted by Gasteiger charge is 2.06. The SMILES string of the molecule is [2H]c1ccc(C)c2ncc(-c3nnn[n-]3)c(=O)n12. The van der Waals surface area contributed by atoms with Crippen molar-refractivity contribution in [1.29, 1.82) is 0 Å². The van der Waals surface area contributed by atoms with Crippen LogP contribution in [0.15, 0.2) is 29.3 Å². The number of pyridine rings is 1. The first-order valence-electron chi connectivity index (χ1n) is 5.35. The van der Waals surface area contributed by atoms with Gasteiger partial charge in [-0.05, 0) is 18.6 Å². The highest BCUT2D eigenvalue weighted by molar-refractivity contribution is 5.55. The van der Waals surface area contributed by atoms with Crippen molar-refractivity contribution in [2.24, 2.45) is 0 Å². The quantitative estimate of drug-likeness (QED) is 0.573. The molecule has 7 heteroatoms. The van der Waals surface area contributed by atoms with Gasteiger partial charge in [0.25, 0.3) is 5.56 Å². The lowest BCUT2D eigenvalue weighted by molar-refractivity contribution is 0.871. The number of aryl methyl sites for hydroxylation is 1. The molecule has 3 rings (SSSR count). The van der Waals surface area contributed by atoms with Crippen LogP contribution in [0.2, 0.25) is 0 Å². The van der Waals surface area contributed by atoms with Crippen molar-refractivity contribution in [2.75, 3.05) is 0 Å². The minimum absolute atomic E-state index is 0.0578. The molecule has 0 aliphatic rings. The molecule has 0 unspecified atom stereocenters. The number of fused-ring (bicyclic) bond motifs is 1. The fraction of sp³-hybridized carbons (Fsp3) is 0.100. The lowest BCUT2D eigenvalue weighted by Gasteiger charge is -2.05. The molecule has 0 N–H and O–H groups in total. The fourth-order valence-electron chi connectivity index (χ4n) is 1.57. The topological polar surface area (TPSA) is 87.1 Å². The summed E-state index contributed by atoms with van der Waals surface area (Å²) >= 11 is 0. The lowest BCUT2D eigenvalue weighted by Crippen LogP contribution is -2.17. The molecule has 84 valence electrons. The summed E-state index contributed by atoms with van der Waals surface area (Å²) in [7, 11) is 0. The van der Waals surface area contributed by atoms with E-state index in [0.717, 1.165) is 5.56 Å². The van der Waals surface area contributed by atoms with Crippen molar-refractivity contribution in [3.63, 3.8) is 0 Å². The zero-order valence-corrected chi connectivity index (χ0v) is 8.82. The summed E-state index contributed by atoms with van der Waals surface area (Å²) in [6.45, 7) is 1.82. The number of aromatic nitrogens is 6. The molecule has 0 spiro atoms. The molecule has 17 heavy (non-hydrogen) atoms. The molecular weight excluding hydrogens is 220 g/mol. The molecule has 3 heterocycles. The van der Waals surface area contributed by atoms with E-state index in [9.17, 15) is 4.79 Å². The maximum Gasteiger partial charge on any atom is 0.266 e. The molecule has 0 amide bonds. The Morgan fingerprint density at radius 2 is 2.41 bits per heavy atom. The first-order valence-corrected chi connectivity index (χ1v) is 4.85. The summed E-state index contributed by atoms with van der Waals surface area (Å²) in [5, 5.41) is 13.9. The summed E-state index contributed by atoms with van der Waals surface area (Å²) in [6.07, 6.45) is 1.44. The van der Waals surface area contributed by atoms with Crippen LogP contribution in [-0.2, 0) is 0 Å². The Hall–Kier alpha value is -2.57. The molecule has 0 radical (unpaired) electrons. The molecule has 0 saturated heterocycles. The number of tetrazole rings is 1. The Morgan fingerprint density at radius 3 is 3.18 bits per heavy atom. The van der Waals surface area contributed by atoms with Gasteiger partial charge in [-0.2, -0.15) is 5.21 Å². The van der Waals surface area contributed by atoms with E-state index in [0.29, 0.717) is 5.65 Å². The van der Waals surface area contributed by atoms with E-state index in [1.165, 1.54) is 16.7 Å². The average Bonchev–Trinajstić information content (AvgIpc) is 2.87. The van der Waals surface area contributed by atoms with Crippen molar-refractivity contribution in [3.05, 3.63) is 40.4 Å².